The molecular formula is C25H38N2O4. The number of ether oxygens (including phenoxy) is 2. The summed E-state index contributed by atoms with van der Waals surface area (Å²) in [5.74, 6) is 2.18. The summed E-state index contributed by atoms with van der Waals surface area (Å²) in [6.45, 7) is 6.41. The summed E-state index contributed by atoms with van der Waals surface area (Å²) in [6.07, 6.45) is 12.7. The highest BCUT2D eigenvalue weighted by Gasteiger charge is 2.45. The number of piperidine rings is 1. The smallest absolute Gasteiger partial charge is 0.410 e. The van der Waals surface area contributed by atoms with Crippen molar-refractivity contribution in [1.29, 1.82) is 0 Å². The van der Waals surface area contributed by atoms with Crippen molar-refractivity contribution in [2.24, 2.45) is 0 Å². The van der Waals surface area contributed by atoms with Crippen LogP contribution in [0.2, 0.25) is 0 Å². The minimum Gasteiger partial charge on any atom is -0.444 e. The number of hydrogen-bond donors (Lipinski definition) is 0. The molecule has 2 saturated heterocycles. The highest BCUT2D eigenvalue weighted by atomic mass is 16.6. The third-order valence-corrected chi connectivity index (χ3v) is 7.55. The lowest BCUT2D eigenvalue weighted by atomic mass is 9.85. The fourth-order valence-corrected chi connectivity index (χ4v) is 5.92. The third-order valence-electron chi connectivity index (χ3n) is 7.55. The maximum atomic E-state index is 12.7. The molecule has 5 rings (SSSR count). The average molecular weight is 431 g/mol. The highest BCUT2D eigenvalue weighted by Crippen LogP contribution is 2.45. The molecule has 3 atom stereocenters. The molecule has 2 unspecified atom stereocenters. The molecule has 0 radical (unpaired) electrons. The van der Waals surface area contributed by atoms with Crippen molar-refractivity contribution in [3.05, 3.63) is 17.0 Å². The van der Waals surface area contributed by atoms with Crippen molar-refractivity contribution in [2.75, 3.05) is 0 Å². The van der Waals surface area contributed by atoms with E-state index in [0.717, 1.165) is 31.4 Å². The molecule has 0 aromatic carbocycles. The third kappa shape index (κ3) is 4.64. The maximum Gasteiger partial charge on any atom is 0.410 e. The first-order chi connectivity index (χ1) is 14.9. The Morgan fingerprint density at radius 1 is 1.00 bits per heavy atom. The molecule has 6 heteroatoms. The fraction of sp³-hybridized carbons (Fsp3) is 0.840. The Morgan fingerprint density at radius 3 is 2.29 bits per heavy atom. The first-order valence-corrected chi connectivity index (χ1v) is 12.5. The molecule has 0 spiro atoms. The van der Waals surface area contributed by atoms with E-state index in [2.05, 4.69) is 5.16 Å². The highest BCUT2D eigenvalue weighted by molar-refractivity contribution is 5.69. The van der Waals surface area contributed by atoms with Crippen molar-refractivity contribution in [3.63, 3.8) is 0 Å². The topological polar surface area (TPSA) is 64.8 Å². The average Bonchev–Trinajstić information content (AvgIpc) is 3.42. The molecule has 2 saturated carbocycles. The zero-order valence-corrected chi connectivity index (χ0v) is 19.4. The Morgan fingerprint density at radius 2 is 1.68 bits per heavy atom. The Labute approximate surface area is 186 Å². The molecule has 1 amide bonds. The van der Waals surface area contributed by atoms with Crippen LogP contribution in [0.1, 0.15) is 120 Å². The van der Waals surface area contributed by atoms with E-state index in [0.29, 0.717) is 18.4 Å². The number of rotatable bonds is 5. The molecular weight excluding hydrogens is 392 g/mol. The van der Waals surface area contributed by atoms with Crippen LogP contribution in [0.4, 0.5) is 4.79 Å². The molecule has 4 aliphatic rings. The summed E-state index contributed by atoms with van der Waals surface area (Å²) >= 11 is 0. The summed E-state index contributed by atoms with van der Waals surface area (Å²) in [5.41, 5.74) is 1.97. The number of amides is 1. The molecule has 1 aromatic heterocycles. The van der Waals surface area contributed by atoms with Gasteiger partial charge in [-0.25, -0.2) is 4.79 Å². The molecule has 3 heterocycles. The van der Waals surface area contributed by atoms with Gasteiger partial charge in [-0.3, -0.25) is 0 Å². The number of carbonyl (C=O) groups excluding carboxylic acids is 1. The summed E-state index contributed by atoms with van der Waals surface area (Å²) in [6, 6.07) is 0.476. The second-order valence-corrected chi connectivity index (χ2v) is 11.2. The van der Waals surface area contributed by atoms with Gasteiger partial charge in [-0.1, -0.05) is 24.4 Å². The van der Waals surface area contributed by atoms with Gasteiger partial charge in [0, 0.05) is 29.5 Å². The Balaban J connectivity index is 1.24. The molecule has 31 heavy (non-hydrogen) atoms. The Kier molecular flexibility index (Phi) is 5.78. The van der Waals surface area contributed by atoms with E-state index < -0.39 is 5.60 Å². The molecule has 2 aliphatic carbocycles. The molecule has 1 aromatic rings. The lowest BCUT2D eigenvalue weighted by Crippen LogP contribution is -2.50. The standard InChI is InChI=1S/C25H38N2O4/c1-25(2,3)30-24(28)27-18-11-12-19(27)14-20(13-18)29-15-21-22(16-7-5-4-6-8-16)26-31-23(21)17-9-10-17/h16-20H,4-15H2,1-3H3/t18-,19?,20?/m0/s1. The lowest BCUT2D eigenvalue weighted by molar-refractivity contribution is -0.0400. The summed E-state index contributed by atoms with van der Waals surface area (Å²) in [7, 11) is 0. The van der Waals surface area contributed by atoms with Crippen LogP contribution >= 0.6 is 0 Å². The van der Waals surface area contributed by atoms with Crippen molar-refractivity contribution in [1.82, 2.24) is 10.1 Å². The predicted octanol–water partition coefficient (Wildman–Crippen LogP) is 6.05. The molecule has 2 bridgehead atoms. The van der Waals surface area contributed by atoms with E-state index in [-0.39, 0.29) is 24.3 Å². The van der Waals surface area contributed by atoms with Gasteiger partial charge in [0.2, 0.25) is 0 Å². The van der Waals surface area contributed by atoms with Crippen LogP contribution in [0.3, 0.4) is 0 Å². The zero-order chi connectivity index (χ0) is 21.6. The number of nitrogens with zero attached hydrogens (tertiary/aromatic N) is 2. The molecule has 6 nitrogen and oxygen atoms in total. The molecule has 2 aliphatic heterocycles. The summed E-state index contributed by atoms with van der Waals surface area (Å²) < 4.78 is 18.0. The molecule has 0 N–H and O–H groups in total. The van der Waals surface area contributed by atoms with Gasteiger partial charge in [0.25, 0.3) is 0 Å². The minimum absolute atomic E-state index is 0.159. The van der Waals surface area contributed by atoms with Gasteiger partial charge in [-0.2, -0.15) is 0 Å². The van der Waals surface area contributed by atoms with Crippen molar-refractivity contribution >= 4 is 6.09 Å². The van der Waals surface area contributed by atoms with Crippen LogP contribution in [0.15, 0.2) is 4.52 Å². The van der Waals surface area contributed by atoms with Crippen LogP contribution < -0.4 is 0 Å². The largest absolute Gasteiger partial charge is 0.444 e. The van der Waals surface area contributed by atoms with Crippen LogP contribution in [-0.4, -0.2) is 39.9 Å². The van der Waals surface area contributed by atoms with E-state index in [1.807, 2.05) is 25.7 Å². The van der Waals surface area contributed by atoms with Gasteiger partial charge in [0.1, 0.15) is 11.4 Å². The normalized spacial score (nSPS) is 29.4. The van der Waals surface area contributed by atoms with Gasteiger partial charge < -0.3 is 18.9 Å². The first-order valence-electron chi connectivity index (χ1n) is 12.5. The lowest BCUT2D eigenvalue weighted by Gasteiger charge is -2.39. The van der Waals surface area contributed by atoms with Crippen LogP contribution in [0.25, 0.3) is 0 Å². The summed E-state index contributed by atoms with van der Waals surface area (Å²) in [4.78, 5) is 14.7. The van der Waals surface area contributed by atoms with E-state index >= 15 is 0 Å². The van der Waals surface area contributed by atoms with Gasteiger partial charge >= 0.3 is 6.09 Å². The zero-order valence-electron chi connectivity index (χ0n) is 19.4. The Bertz CT molecular complexity index is 774. The second kappa shape index (κ2) is 8.42. The van der Waals surface area contributed by atoms with E-state index in [9.17, 15) is 4.79 Å². The number of fused-ring (bicyclic) bond motifs is 2. The van der Waals surface area contributed by atoms with Crippen molar-refractivity contribution < 1.29 is 18.8 Å². The van der Waals surface area contributed by atoms with Crippen LogP contribution in [0, 0.1) is 0 Å². The molecule has 4 fully saturated rings. The Hall–Kier alpha value is -1.56. The van der Waals surface area contributed by atoms with E-state index in [1.54, 1.807) is 0 Å². The molecule has 172 valence electrons. The quantitative estimate of drug-likeness (QED) is 0.569. The van der Waals surface area contributed by atoms with E-state index in [4.69, 9.17) is 14.0 Å². The maximum absolute atomic E-state index is 12.7. The number of carbonyl (C=O) groups is 1. The number of aromatic nitrogens is 1. The minimum atomic E-state index is -0.452. The predicted molar refractivity (Wildman–Crippen MR) is 117 cm³/mol. The SMILES string of the molecule is CC(C)(C)OC(=O)N1C2CC[C@H]1CC(OCc1c(C3CCCCC3)noc1C1CC1)C2. The monoisotopic (exact) mass is 430 g/mol. The van der Waals surface area contributed by atoms with Crippen molar-refractivity contribution in [3.8, 4) is 0 Å². The van der Waals surface area contributed by atoms with Crippen LogP contribution in [0.5, 0.6) is 0 Å². The number of hydrogen-bond acceptors (Lipinski definition) is 5. The van der Waals surface area contributed by atoms with Gasteiger partial charge in [-0.15, -0.1) is 0 Å². The van der Waals surface area contributed by atoms with E-state index in [1.165, 1.54) is 56.2 Å². The van der Waals surface area contributed by atoms with Crippen molar-refractivity contribution in [2.45, 2.75) is 134 Å². The van der Waals surface area contributed by atoms with Crippen LogP contribution in [-0.2, 0) is 16.1 Å². The van der Waals surface area contributed by atoms with Gasteiger partial charge in [-0.05, 0) is 72.1 Å². The second-order valence-electron chi connectivity index (χ2n) is 11.2. The first kappa shape index (κ1) is 21.3. The fourth-order valence-electron chi connectivity index (χ4n) is 5.92. The summed E-state index contributed by atoms with van der Waals surface area (Å²) in [5, 5.41) is 4.55. The van der Waals surface area contributed by atoms with Gasteiger partial charge in [0.15, 0.2) is 0 Å². The van der Waals surface area contributed by atoms with Gasteiger partial charge in [0.05, 0.1) is 18.4 Å².